The van der Waals surface area contributed by atoms with Crippen molar-refractivity contribution in [3.05, 3.63) is 15.5 Å². The van der Waals surface area contributed by atoms with Gasteiger partial charge >= 0.3 is 0 Å². The van der Waals surface area contributed by atoms with Gasteiger partial charge in [-0.3, -0.25) is 0 Å². The zero-order valence-corrected chi connectivity index (χ0v) is 7.53. The van der Waals surface area contributed by atoms with E-state index in [9.17, 15) is 0 Å². The van der Waals surface area contributed by atoms with Crippen LogP contribution in [-0.4, -0.2) is 11.5 Å². The van der Waals surface area contributed by atoms with Crippen LogP contribution in [0.4, 0.5) is 0 Å². The van der Waals surface area contributed by atoms with Crippen LogP contribution in [0.5, 0.6) is 0 Å². The number of nitrogens with two attached hydrogens (primary N) is 1. The van der Waals surface area contributed by atoms with E-state index >= 15 is 0 Å². The summed E-state index contributed by atoms with van der Waals surface area (Å²) in [5.74, 6) is 1.27. The summed E-state index contributed by atoms with van der Waals surface area (Å²) in [7, 11) is 0. The Kier molecular flexibility index (Phi) is 1.87. The van der Waals surface area contributed by atoms with Crippen LogP contribution >= 0.6 is 22.9 Å². The van der Waals surface area contributed by atoms with E-state index in [0.29, 0.717) is 11.8 Å². The van der Waals surface area contributed by atoms with E-state index in [1.54, 1.807) is 17.5 Å². The lowest BCUT2D eigenvalue weighted by molar-refractivity contribution is 0.806. The minimum absolute atomic E-state index is 0.609. The molecule has 1 heterocycles. The summed E-state index contributed by atoms with van der Waals surface area (Å²) < 4.78 is 0.780. The van der Waals surface area contributed by atoms with E-state index in [0.717, 1.165) is 15.9 Å². The number of hydrogen-bond donors (Lipinski definition) is 1. The minimum Gasteiger partial charge on any atom is -0.330 e. The first-order valence-corrected chi connectivity index (χ1v) is 4.82. The highest BCUT2D eigenvalue weighted by Crippen LogP contribution is 2.48. The predicted octanol–water partition coefficient (Wildman–Crippen LogP) is 1.86. The first-order valence-electron chi connectivity index (χ1n) is 3.62. The molecule has 0 radical (unpaired) electrons. The Morgan fingerprint density at radius 2 is 2.64 bits per heavy atom. The molecule has 2 rings (SSSR count). The van der Waals surface area contributed by atoms with E-state index in [2.05, 4.69) is 4.98 Å². The van der Waals surface area contributed by atoms with E-state index < -0.39 is 0 Å². The maximum Gasteiger partial charge on any atom is 0.113 e. The Bertz CT molecular complexity index is 261. The molecule has 1 aliphatic rings. The molecule has 1 saturated carbocycles. The highest BCUT2D eigenvalue weighted by Gasteiger charge is 2.39. The maximum absolute atomic E-state index is 5.75. The number of rotatable bonds is 2. The van der Waals surface area contributed by atoms with Crippen LogP contribution in [0.2, 0.25) is 4.34 Å². The molecule has 2 atom stereocenters. The summed E-state index contributed by atoms with van der Waals surface area (Å²) in [6, 6.07) is 0. The van der Waals surface area contributed by atoms with Gasteiger partial charge in [0.1, 0.15) is 4.34 Å². The molecule has 0 aliphatic heterocycles. The molecule has 0 bridgehead atoms. The lowest BCUT2D eigenvalue weighted by Gasteiger charge is -1.88. The van der Waals surface area contributed by atoms with Gasteiger partial charge in [-0.15, -0.1) is 11.3 Å². The monoisotopic (exact) mass is 188 g/mol. The van der Waals surface area contributed by atoms with Crippen molar-refractivity contribution in [1.82, 2.24) is 4.98 Å². The van der Waals surface area contributed by atoms with Gasteiger partial charge in [-0.25, -0.2) is 4.98 Å². The first kappa shape index (κ1) is 7.53. The van der Waals surface area contributed by atoms with Gasteiger partial charge in [-0.05, 0) is 18.9 Å². The smallest absolute Gasteiger partial charge is 0.113 e. The van der Waals surface area contributed by atoms with Crippen molar-refractivity contribution in [2.24, 2.45) is 11.7 Å². The van der Waals surface area contributed by atoms with Crippen molar-refractivity contribution in [3.63, 3.8) is 0 Å². The molecule has 0 saturated heterocycles. The fraction of sp³-hybridized carbons (Fsp3) is 0.571. The second-order valence-electron chi connectivity index (χ2n) is 2.84. The third-order valence-corrected chi connectivity index (χ3v) is 3.28. The van der Waals surface area contributed by atoms with Gasteiger partial charge < -0.3 is 5.73 Å². The molecule has 60 valence electrons. The quantitative estimate of drug-likeness (QED) is 0.770. The standard InChI is InChI=1S/C7H9ClN2S/c8-6-3-10-7(11-6)5-1-4(5)2-9/h3-5H,1-2,9H2. The van der Waals surface area contributed by atoms with Gasteiger partial charge in [0.2, 0.25) is 0 Å². The Morgan fingerprint density at radius 3 is 3.09 bits per heavy atom. The van der Waals surface area contributed by atoms with Gasteiger partial charge in [0, 0.05) is 5.92 Å². The third kappa shape index (κ3) is 1.41. The zero-order valence-electron chi connectivity index (χ0n) is 5.96. The van der Waals surface area contributed by atoms with E-state index in [-0.39, 0.29) is 0 Å². The highest BCUT2D eigenvalue weighted by atomic mass is 35.5. The molecule has 1 aliphatic carbocycles. The normalized spacial score (nSPS) is 28.9. The molecule has 0 aromatic carbocycles. The second-order valence-corrected chi connectivity index (χ2v) is 4.53. The zero-order chi connectivity index (χ0) is 7.84. The second kappa shape index (κ2) is 2.73. The summed E-state index contributed by atoms with van der Waals surface area (Å²) in [6.07, 6.45) is 2.91. The Hall–Kier alpha value is -0.120. The van der Waals surface area contributed by atoms with Gasteiger partial charge in [-0.1, -0.05) is 11.6 Å². The van der Waals surface area contributed by atoms with E-state index in [4.69, 9.17) is 17.3 Å². The molecule has 4 heteroatoms. The average molecular weight is 189 g/mol. The first-order chi connectivity index (χ1) is 5.31. The summed E-state index contributed by atoms with van der Waals surface area (Å²) in [5, 5.41) is 1.16. The fourth-order valence-corrected chi connectivity index (χ4v) is 2.39. The van der Waals surface area contributed by atoms with Crippen LogP contribution in [0, 0.1) is 5.92 Å². The summed E-state index contributed by atoms with van der Waals surface area (Å²) >= 11 is 7.32. The Labute approximate surface area is 74.4 Å². The van der Waals surface area contributed by atoms with Gasteiger partial charge in [0.05, 0.1) is 11.2 Å². The number of hydrogen-bond acceptors (Lipinski definition) is 3. The predicted molar refractivity (Wildman–Crippen MR) is 47.0 cm³/mol. The Balaban J connectivity index is 2.08. The lowest BCUT2D eigenvalue weighted by atomic mass is 10.3. The van der Waals surface area contributed by atoms with Crippen molar-refractivity contribution in [2.75, 3.05) is 6.54 Å². The SMILES string of the molecule is NCC1CC1c1ncc(Cl)s1. The minimum atomic E-state index is 0.609. The van der Waals surface area contributed by atoms with Crippen molar-refractivity contribution in [2.45, 2.75) is 12.3 Å². The molecule has 11 heavy (non-hydrogen) atoms. The van der Waals surface area contributed by atoms with Gasteiger partial charge in [-0.2, -0.15) is 0 Å². The molecule has 1 aromatic rings. The molecule has 1 fully saturated rings. The van der Waals surface area contributed by atoms with E-state index in [1.165, 1.54) is 6.42 Å². The van der Waals surface area contributed by atoms with Crippen molar-refractivity contribution in [1.29, 1.82) is 0 Å². The summed E-state index contributed by atoms with van der Waals surface area (Å²) in [4.78, 5) is 4.21. The van der Waals surface area contributed by atoms with Crippen LogP contribution in [-0.2, 0) is 0 Å². The van der Waals surface area contributed by atoms with E-state index in [1.807, 2.05) is 0 Å². The maximum atomic E-state index is 5.75. The molecule has 2 unspecified atom stereocenters. The number of halogens is 1. The number of aromatic nitrogens is 1. The number of thiazole rings is 1. The highest BCUT2D eigenvalue weighted by molar-refractivity contribution is 7.15. The molecule has 1 aromatic heterocycles. The fourth-order valence-electron chi connectivity index (χ4n) is 1.25. The topological polar surface area (TPSA) is 38.9 Å². The molecular weight excluding hydrogens is 180 g/mol. The summed E-state index contributed by atoms with van der Waals surface area (Å²) in [6.45, 7) is 0.780. The molecule has 0 spiro atoms. The largest absolute Gasteiger partial charge is 0.330 e. The summed E-state index contributed by atoms with van der Waals surface area (Å²) in [5.41, 5.74) is 5.51. The molecule has 0 amide bonds. The third-order valence-electron chi connectivity index (χ3n) is 2.04. The Morgan fingerprint density at radius 1 is 1.82 bits per heavy atom. The molecular formula is C7H9ClN2S. The van der Waals surface area contributed by atoms with Gasteiger partial charge in [0.25, 0.3) is 0 Å². The van der Waals surface area contributed by atoms with Crippen LogP contribution in [0.3, 0.4) is 0 Å². The number of nitrogens with zero attached hydrogens (tertiary/aromatic N) is 1. The van der Waals surface area contributed by atoms with Crippen molar-refractivity contribution < 1.29 is 0 Å². The van der Waals surface area contributed by atoms with Gasteiger partial charge in [0.15, 0.2) is 0 Å². The molecule has 2 nitrogen and oxygen atoms in total. The van der Waals surface area contributed by atoms with Crippen LogP contribution in [0.15, 0.2) is 6.20 Å². The van der Waals surface area contributed by atoms with Crippen molar-refractivity contribution >= 4 is 22.9 Å². The van der Waals surface area contributed by atoms with Crippen LogP contribution in [0.1, 0.15) is 17.3 Å². The lowest BCUT2D eigenvalue weighted by Crippen LogP contribution is -2.01. The van der Waals surface area contributed by atoms with Crippen LogP contribution < -0.4 is 5.73 Å². The molecule has 2 N–H and O–H groups in total. The van der Waals surface area contributed by atoms with Crippen molar-refractivity contribution in [3.8, 4) is 0 Å². The van der Waals surface area contributed by atoms with Crippen LogP contribution in [0.25, 0.3) is 0 Å². The average Bonchev–Trinajstić information content (AvgIpc) is 2.68.